The highest BCUT2D eigenvalue weighted by molar-refractivity contribution is 5.94. The summed E-state index contributed by atoms with van der Waals surface area (Å²) in [4.78, 5) is 23.6. The highest BCUT2D eigenvalue weighted by Crippen LogP contribution is 2.25. The summed E-state index contributed by atoms with van der Waals surface area (Å²) in [7, 11) is 1.54. The largest absolute Gasteiger partial charge is 0.493 e. The van der Waals surface area contributed by atoms with E-state index in [4.69, 9.17) is 9.47 Å². The minimum absolute atomic E-state index is 0.0537. The number of ether oxygens (including phenoxy) is 2. The van der Waals surface area contributed by atoms with E-state index in [0.717, 1.165) is 0 Å². The monoisotopic (exact) mass is 342 g/mol. The van der Waals surface area contributed by atoms with Crippen LogP contribution in [0.5, 0.6) is 11.5 Å². The van der Waals surface area contributed by atoms with Gasteiger partial charge in [-0.05, 0) is 36.4 Å². The zero-order valence-corrected chi connectivity index (χ0v) is 14.5. The van der Waals surface area contributed by atoms with Gasteiger partial charge in [0, 0.05) is 17.3 Å². The second kappa shape index (κ2) is 8.73. The molecule has 2 rings (SSSR count). The third kappa shape index (κ3) is 5.53. The Labute approximate surface area is 147 Å². The Kier molecular flexibility index (Phi) is 6.39. The third-order valence-electron chi connectivity index (χ3n) is 3.39. The second-order valence-corrected chi connectivity index (χ2v) is 5.71. The van der Waals surface area contributed by atoms with Gasteiger partial charge < -0.3 is 20.1 Å². The Morgan fingerprint density at radius 3 is 2.04 bits per heavy atom. The van der Waals surface area contributed by atoms with E-state index < -0.39 is 0 Å². The second-order valence-electron chi connectivity index (χ2n) is 5.71. The molecule has 6 nitrogen and oxygen atoms in total. The van der Waals surface area contributed by atoms with Gasteiger partial charge in [0.2, 0.25) is 5.91 Å². The maximum Gasteiger partial charge on any atom is 0.262 e. The number of rotatable bonds is 7. The fourth-order valence-corrected chi connectivity index (χ4v) is 2.00. The Morgan fingerprint density at radius 1 is 0.920 bits per heavy atom. The minimum Gasteiger partial charge on any atom is -0.493 e. The topological polar surface area (TPSA) is 76.7 Å². The van der Waals surface area contributed by atoms with E-state index >= 15 is 0 Å². The standard InChI is InChI=1S/C19H22N2O4/c1-13(2)19(23)21-15-10-8-14(9-11-15)20-18(22)12-25-17-7-5-4-6-16(17)24-3/h4-11,13H,12H2,1-3H3,(H,20,22)(H,21,23). The number of anilines is 2. The van der Waals surface area contributed by atoms with E-state index in [9.17, 15) is 9.59 Å². The first-order valence-corrected chi connectivity index (χ1v) is 7.96. The van der Waals surface area contributed by atoms with Crippen LogP contribution in [0.2, 0.25) is 0 Å². The van der Waals surface area contributed by atoms with Gasteiger partial charge in [-0.3, -0.25) is 9.59 Å². The van der Waals surface area contributed by atoms with Gasteiger partial charge in [0.05, 0.1) is 7.11 Å². The lowest BCUT2D eigenvalue weighted by Gasteiger charge is -2.11. The average molecular weight is 342 g/mol. The fraction of sp³-hybridized carbons (Fsp3) is 0.263. The smallest absolute Gasteiger partial charge is 0.262 e. The molecule has 0 fully saturated rings. The normalized spacial score (nSPS) is 10.2. The maximum absolute atomic E-state index is 12.0. The Bertz CT molecular complexity index is 726. The van der Waals surface area contributed by atoms with Crippen LogP contribution in [0.4, 0.5) is 11.4 Å². The molecular formula is C19H22N2O4. The van der Waals surface area contributed by atoms with Crippen molar-refractivity contribution in [2.45, 2.75) is 13.8 Å². The molecule has 2 N–H and O–H groups in total. The lowest BCUT2D eigenvalue weighted by Crippen LogP contribution is -2.20. The van der Waals surface area contributed by atoms with Crippen molar-refractivity contribution in [2.75, 3.05) is 24.4 Å². The molecule has 0 saturated carbocycles. The van der Waals surface area contributed by atoms with Crippen molar-refractivity contribution in [2.24, 2.45) is 5.92 Å². The third-order valence-corrected chi connectivity index (χ3v) is 3.39. The van der Waals surface area contributed by atoms with Crippen LogP contribution in [0.3, 0.4) is 0 Å². The van der Waals surface area contributed by atoms with Gasteiger partial charge in [0.25, 0.3) is 5.91 Å². The Morgan fingerprint density at radius 2 is 1.48 bits per heavy atom. The number of nitrogens with one attached hydrogen (secondary N) is 2. The number of carbonyl (C=O) groups excluding carboxylic acids is 2. The van der Waals surface area contributed by atoms with Gasteiger partial charge in [-0.2, -0.15) is 0 Å². The van der Waals surface area contributed by atoms with Crippen molar-refractivity contribution in [3.05, 3.63) is 48.5 Å². The molecular weight excluding hydrogens is 320 g/mol. The van der Waals surface area contributed by atoms with E-state index in [0.29, 0.717) is 22.9 Å². The minimum atomic E-state index is -0.287. The molecule has 0 unspecified atom stereocenters. The molecule has 0 aliphatic heterocycles. The predicted molar refractivity (Wildman–Crippen MR) is 97.0 cm³/mol. The Balaban J connectivity index is 1.87. The number of carbonyl (C=O) groups is 2. The average Bonchev–Trinajstić information content (AvgIpc) is 2.61. The number of hydrogen-bond donors (Lipinski definition) is 2. The van der Waals surface area contributed by atoms with Gasteiger partial charge in [-0.15, -0.1) is 0 Å². The number of amides is 2. The summed E-state index contributed by atoms with van der Waals surface area (Å²) < 4.78 is 10.6. The molecule has 0 heterocycles. The van der Waals surface area contributed by atoms with Crippen LogP contribution in [0.15, 0.2) is 48.5 Å². The van der Waals surface area contributed by atoms with Crippen LogP contribution in [0.1, 0.15) is 13.8 Å². The van der Waals surface area contributed by atoms with Crippen molar-refractivity contribution in [3.8, 4) is 11.5 Å². The van der Waals surface area contributed by atoms with Crippen molar-refractivity contribution < 1.29 is 19.1 Å². The fourth-order valence-electron chi connectivity index (χ4n) is 2.00. The van der Waals surface area contributed by atoms with Gasteiger partial charge in [-0.25, -0.2) is 0 Å². The molecule has 0 spiro atoms. The number of methoxy groups -OCH3 is 1. The number of benzene rings is 2. The molecule has 25 heavy (non-hydrogen) atoms. The van der Waals surface area contributed by atoms with Crippen LogP contribution < -0.4 is 20.1 Å². The van der Waals surface area contributed by atoms with Gasteiger partial charge in [0.15, 0.2) is 18.1 Å². The SMILES string of the molecule is COc1ccccc1OCC(=O)Nc1ccc(NC(=O)C(C)C)cc1. The van der Waals surface area contributed by atoms with Crippen molar-refractivity contribution in [3.63, 3.8) is 0 Å². The molecule has 0 saturated heterocycles. The van der Waals surface area contributed by atoms with E-state index in [1.807, 2.05) is 19.9 Å². The molecule has 2 amide bonds. The molecule has 0 aromatic heterocycles. The summed E-state index contributed by atoms with van der Waals surface area (Å²) >= 11 is 0. The zero-order valence-electron chi connectivity index (χ0n) is 14.5. The van der Waals surface area contributed by atoms with E-state index in [1.165, 1.54) is 0 Å². The van der Waals surface area contributed by atoms with E-state index in [2.05, 4.69) is 10.6 Å². The summed E-state index contributed by atoms with van der Waals surface area (Å²) in [6, 6.07) is 14.0. The van der Waals surface area contributed by atoms with Crippen LogP contribution in [0.25, 0.3) is 0 Å². The van der Waals surface area contributed by atoms with Crippen molar-refractivity contribution in [1.82, 2.24) is 0 Å². The van der Waals surface area contributed by atoms with Gasteiger partial charge in [0.1, 0.15) is 0 Å². The quantitative estimate of drug-likeness (QED) is 0.809. The molecule has 0 atom stereocenters. The van der Waals surface area contributed by atoms with E-state index in [-0.39, 0.29) is 24.3 Å². The van der Waals surface area contributed by atoms with Crippen LogP contribution in [0, 0.1) is 5.92 Å². The number of hydrogen-bond acceptors (Lipinski definition) is 4. The first-order chi connectivity index (χ1) is 12.0. The van der Waals surface area contributed by atoms with E-state index in [1.54, 1.807) is 49.6 Å². The highest BCUT2D eigenvalue weighted by atomic mass is 16.5. The molecule has 2 aromatic rings. The number of para-hydroxylation sites is 2. The summed E-state index contributed by atoms with van der Waals surface area (Å²) in [5.74, 6) is 0.644. The van der Waals surface area contributed by atoms with Crippen LogP contribution in [-0.2, 0) is 9.59 Å². The summed E-state index contributed by atoms with van der Waals surface area (Å²) in [6.45, 7) is 3.52. The van der Waals surface area contributed by atoms with Crippen molar-refractivity contribution >= 4 is 23.2 Å². The van der Waals surface area contributed by atoms with Gasteiger partial charge in [-0.1, -0.05) is 26.0 Å². The predicted octanol–water partition coefficient (Wildman–Crippen LogP) is 3.31. The van der Waals surface area contributed by atoms with Crippen molar-refractivity contribution in [1.29, 1.82) is 0 Å². The van der Waals surface area contributed by atoms with Crippen LogP contribution >= 0.6 is 0 Å². The van der Waals surface area contributed by atoms with Gasteiger partial charge >= 0.3 is 0 Å². The maximum atomic E-state index is 12.0. The molecule has 0 bridgehead atoms. The summed E-state index contributed by atoms with van der Waals surface area (Å²) in [6.07, 6.45) is 0. The first-order valence-electron chi connectivity index (χ1n) is 7.96. The molecule has 132 valence electrons. The summed E-state index contributed by atoms with van der Waals surface area (Å²) in [5, 5.41) is 5.53. The first kappa shape index (κ1) is 18.3. The van der Waals surface area contributed by atoms with Crippen LogP contribution in [-0.4, -0.2) is 25.5 Å². The molecule has 0 radical (unpaired) electrons. The highest BCUT2D eigenvalue weighted by Gasteiger charge is 2.09. The molecule has 6 heteroatoms. The molecule has 0 aliphatic carbocycles. The summed E-state index contributed by atoms with van der Waals surface area (Å²) in [5.41, 5.74) is 1.30. The lowest BCUT2D eigenvalue weighted by molar-refractivity contribution is -0.119. The molecule has 2 aromatic carbocycles. The zero-order chi connectivity index (χ0) is 18.2. The molecule has 0 aliphatic rings. The lowest BCUT2D eigenvalue weighted by atomic mass is 10.2. The Hall–Kier alpha value is -3.02.